The lowest BCUT2D eigenvalue weighted by atomic mass is 10.1. The number of carbonyl (C=O) groups excluding carboxylic acids is 1. The van der Waals surface area contributed by atoms with Gasteiger partial charge in [0.05, 0.1) is 18.4 Å². The van der Waals surface area contributed by atoms with Crippen molar-refractivity contribution in [3.8, 4) is 5.75 Å². The second kappa shape index (κ2) is 7.31. The molecule has 2 aromatic carbocycles. The summed E-state index contributed by atoms with van der Waals surface area (Å²) in [4.78, 5) is 12.4. The van der Waals surface area contributed by atoms with E-state index < -0.39 is 18.6 Å². The monoisotopic (exact) mass is 347 g/mol. The third kappa shape index (κ3) is 3.95. The van der Waals surface area contributed by atoms with Gasteiger partial charge in [-0.05, 0) is 35.0 Å². The number of aliphatic hydroxyl groups is 1. The molecule has 2 N–H and O–H groups in total. The number of furan rings is 1. The zero-order valence-electron chi connectivity index (χ0n) is 13.0. The molecule has 0 saturated carbocycles. The van der Waals surface area contributed by atoms with Crippen molar-refractivity contribution in [2.45, 2.75) is 12.7 Å². The number of halogens is 2. The fourth-order valence-corrected chi connectivity index (χ4v) is 2.46. The van der Waals surface area contributed by atoms with Crippen LogP contribution in [0.2, 0.25) is 0 Å². The van der Waals surface area contributed by atoms with Gasteiger partial charge in [0.25, 0.3) is 5.91 Å². The molecule has 1 atom stereocenters. The van der Waals surface area contributed by atoms with E-state index in [1.807, 2.05) is 0 Å². The number of ether oxygens (including phenoxy) is 1. The molecule has 0 saturated heterocycles. The van der Waals surface area contributed by atoms with Crippen molar-refractivity contribution in [1.82, 2.24) is 5.32 Å². The van der Waals surface area contributed by atoms with E-state index >= 15 is 0 Å². The smallest absolute Gasteiger partial charge is 0.387 e. The van der Waals surface area contributed by atoms with Gasteiger partial charge in [0, 0.05) is 0 Å². The van der Waals surface area contributed by atoms with Gasteiger partial charge >= 0.3 is 6.61 Å². The maximum Gasteiger partial charge on any atom is 0.387 e. The highest BCUT2D eigenvalue weighted by Crippen LogP contribution is 2.27. The van der Waals surface area contributed by atoms with Crippen LogP contribution in [-0.4, -0.2) is 24.2 Å². The minimum atomic E-state index is -3.05. The number of hydrogen-bond donors (Lipinski definition) is 2. The molecular weight excluding hydrogens is 332 g/mol. The summed E-state index contributed by atoms with van der Waals surface area (Å²) in [5.41, 5.74) is -0.0364. The zero-order chi connectivity index (χ0) is 17.8. The number of nitrogens with one attached hydrogen (secondary N) is 1. The minimum Gasteiger partial charge on any atom is -0.467 e. The predicted molar refractivity (Wildman–Crippen MR) is 86.6 cm³/mol. The van der Waals surface area contributed by atoms with Crippen LogP contribution in [0.5, 0.6) is 5.75 Å². The first-order chi connectivity index (χ1) is 12.0. The molecule has 1 aromatic heterocycles. The molecule has 0 fully saturated rings. The highest BCUT2D eigenvalue weighted by atomic mass is 19.3. The summed E-state index contributed by atoms with van der Waals surface area (Å²) in [6.07, 6.45) is 0.358. The summed E-state index contributed by atoms with van der Waals surface area (Å²) in [5.74, 6) is -0.562. The molecular formula is C18H15F2NO4. The molecule has 7 heteroatoms. The number of hydrogen-bond acceptors (Lipinski definition) is 4. The van der Waals surface area contributed by atoms with Gasteiger partial charge in [0.15, 0.2) is 0 Å². The van der Waals surface area contributed by atoms with E-state index in [1.54, 1.807) is 36.4 Å². The normalized spacial score (nSPS) is 12.3. The molecule has 3 aromatic rings. The van der Waals surface area contributed by atoms with Crippen molar-refractivity contribution in [3.63, 3.8) is 0 Å². The molecule has 130 valence electrons. The molecule has 1 amide bonds. The lowest BCUT2D eigenvalue weighted by Crippen LogP contribution is -2.28. The fourth-order valence-electron chi connectivity index (χ4n) is 2.46. The Morgan fingerprint density at radius 2 is 1.88 bits per heavy atom. The van der Waals surface area contributed by atoms with Crippen LogP contribution in [-0.2, 0) is 0 Å². The second-order valence-corrected chi connectivity index (χ2v) is 5.32. The summed E-state index contributed by atoms with van der Waals surface area (Å²) in [7, 11) is 0. The van der Waals surface area contributed by atoms with Crippen molar-refractivity contribution in [3.05, 3.63) is 66.1 Å². The number of amides is 1. The summed E-state index contributed by atoms with van der Waals surface area (Å²) in [6.45, 7) is -3.19. The Hall–Kier alpha value is -2.93. The number of fused-ring (bicyclic) bond motifs is 1. The lowest BCUT2D eigenvalue weighted by molar-refractivity contribution is -0.0500. The molecule has 0 spiro atoms. The van der Waals surface area contributed by atoms with Crippen LogP contribution in [0.4, 0.5) is 8.78 Å². The SMILES string of the molecule is O=C(NCC(O)c1ccco1)c1cc2ccccc2cc1OC(F)F. The Balaban J connectivity index is 1.83. The van der Waals surface area contributed by atoms with E-state index in [-0.39, 0.29) is 17.9 Å². The highest BCUT2D eigenvalue weighted by molar-refractivity contribution is 6.01. The van der Waals surface area contributed by atoms with Crippen LogP contribution < -0.4 is 10.1 Å². The molecule has 5 nitrogen and oxygen atoms in total. The Morgan fingerprint density at radius 1 is 1.16 bits per heavy atom. The maximum atomic E-state index is 12.7. The third-order valence-corrected chi connectivity index (χ3v) is 3.64. The van der Waals surface area contributed by atoms with E-state index in [4.69, 9.17) is 4.42 Å². The summed E-state index contributed by atoms with van der Waals surface area (Å²) >= 11 is 0. The van der Waals surface area contributed by atoms with Crippen LogP contribution in [0.3, 0.4) is 0 Å². The first kappa shape index (κ1) is 16.9. The van der Waals surface area contributed by atoms with Gasteiger partial charge in [-0.25, -0.2) is 0 Å². The zero-order valence-corrected chi connectivity index (χ0v) is 13.0. The predicted octanol–water partition coefficient (Wildman–Crippen LogP) is 3.50. The Bertz CT molecular complexity index is 865. The van der Waals surface area contributed by atoms with Crippen molar-refractivity contribution in [2.75, 3.05) is 6.54 Å². The second-order valence-electron chi connectivity index (χ2n) is 5.32. The molecule has 0 bridgehead atoms. The van der Waals surface area contributed by atoms with Crippen LogP contribution in [0.1, 0.15) is 22.2 Å². The van der Waals surface area contributed by atoms with Crippen molar-refractivity contribution < 1.29 is 27.8 Å². The van der Waals surface area contributed by atoms with Crippen LogP contribution >= 0.6 is 0 Å². The van der Waals surface area contributed by atoms with Crippen LogP contribution in [0.25, 0.3) is 10.8 Å². The van der Waals surface area contributed by atoms with E-state index in [0.29, 0.717) is 16.5 Å². The van der Waals surface area contributed by atoms with Gasteiger partial charge in [-0.1, -0.05) is 24.3 Å². The third-order valence-electron chi connectivity index (χ3n) is 3.64. The van der Waals surface area contributed by atoms with Crippen molar-refractivity contribution in [2.24, 2.45) is 0 Å². The van der Waals surface area contributed by atoms with Gasteiger partial charge in [0.1, 0.15) is 17.6 Å². The molecule has 1 heterocycles. The first-order valence-corrected chi connectivity index (χ1v) is 7.52. The maximum absolute atomic E-state index is 12.7. The molecule has 0 radical (unpaired) electrons. The summed E-state index contributed by atoms with van der Waals surface area (Å²) in [5, 5.41) is 13.8. The topological polar surface area (TPSA) is 71.7 Å². The quantitative estimate of drug-likeness (QED) is 0.716. The summed E-state index contributed by atoms with van der Waals surface area (Å²) in [6, 6.07) is 13.1. The fraction of sp³-hybridized carbons (Fsp3) is 0.167. The van der Waals surface area contributed by atoms with Gasteiger partial charge in [-0.3, -0.25) is 4.79 Å². The van der Waals surface area contributed by atoms with E-state index in [2.05, 4.69) is 10.1 Å². The number of carbonyl (C=O) groups is 1. The average molecular weight is 347 g/mol. The average Bonchev–Trinajstić information content (AvgIpc) is 3.13. The number of benzene rings is 2. The number of rotatable bonds is 6. The molecule has 0 aliphatic carbocycles. The standard InChI is InChI=1S/C18H15F2NO4/c19-18(20)25-16-9-12-5-2-1-4-11(12)8-13(16)17(23)21-10-14(22)15-6-3-7-24-15/h1-9,14,18,22H,10H2,(H,21,23). The van der Waals surface area contributed by atoms with Gasteiger partial charge in [-0.2, -0.15) is 8.78 Å². The van der Waals surface area contributed by atoms with Gasteiger partial charge in [0.2, 0.25) is 0 Å². The molecule has 0 aliphatic heterocycles. The Labute approximate surface area is 141 Å². The number of aliphatic hydroxyl groups excluding tert-OH is 1. The van der Waals surface area contributed by atoms with E-state index in [0.717, 1.165) is 0 Å². The van der Waals surface area contributed by atoms with Gasteiger partial charge < -0.3 is 19.6 Å². The minimum absolute atomic E-state index is 0.0364. The Morgan fingerprint density at radius 3 is 2.52 bits per heavy atom. The molecule has 0 aliphatic rings. The van der Waals surface area contributed by atoms with E-state index in [1.165, 1.54) is 18.4 Å². The Kier molecular flexibility index (Phi) is 4.95. The molecule has 1 unspecified atom stereocenters. The number of alkyl halides is 2. The molecule has 3 rings (SSSR count). The van der Waals surface area contributed by atoms with Crippen molar-refractivity contribution >= 4 is 16.7 Å². The highest BCUT2D eigenvalue weighted by Gasteiger charge is 2.19. The molecule has 25 heavy (non-hydrogen) atoms. The largest absolute Gasteiger partial charge is 0.467 e. The van der Waals surface area contributed by atoms with Gasteiger partial charge in [-0.15, -0.1) is 0 Å². The lowest BCUT2D eigenvalue weighted by Gasteiger charge is -2.14. The first-order valence-electron chi connectivity index (χ1n) is 7.52. The summed E-state index contributed by atoms with van der Waals surface area (Å²) < 4.78 is 34.8. The van der Waals surface area contributed by atoms with E-state index in [9.17, 15) is 18.7 Å². The van der Waals surface area contributed by atoms with Crippen molar-refractivity contribution in [1.29, 1.82) is 0 Å². The van der Waals surface area contributed by atoms with Crippen LogP contribution in [0, 0.1) is 0 Å². The van der Waals surface area contributed by atoms with Crippen LogP contribution in [0.15, 0.2) is 59.2 Å².